The van der Waals surface area contributed by atoms with Gasteiger partial charge in [0.2, 0.25) is 5.91 Å². The van der Waals surface area contributed by atoms with Crippen molar-refractivity contribution in [2.45, 2.75) is 24.5 Å². The Bertz CT molecular complexity index is 658. The molecular formula is C17H23N5O3. The lowest BCUT2D eigenvalue weighted by molar-refractivity contribution is -0.191. The van der Waals surface area contributed by atoms with Gasteiger partial charge in [-0.2, -0.15) is 0 Å². The van der Waals surface area contributed by atoms with E-state index >= 15 is 0 Å². The third-order valence-electron chi connectivity index (χ3n) is 5.25. The van der Waals surface area contributed by atoms with E-state index < -0.39 is 0 Å². The minimum atomic E-state index is -0.364. The maximum atomic E-state index is 12.4. The predicted octanol–water partition coefficient (Wildman–Crippen LogP) is -0.472. The minimum Gasteiger partial charge on any atom is -0.368 e. The van der Waals surface area contributed by atoms with E-state index in [-0.39, 0.29) is 23.5 Å². The second kappa shape index (κ2) is 6.34. The van der Waals surface area contributed by atoms with E-state index in [1.807, 2.05) is 0 Å². The molecule has 8 nitrogen and oxygen atoms in total. The summed E-state index contributed by atoms with van der Waals surface area (Å²) in [7, 11) is 1.66. The van der Waals surface area contributed by atoms with Crippen molar-refractivity contribution in [3.63, 3.8) is 0 Å². The Morgan fingerprint density at radius 3 is 2.76 bits per heavy atom. The standard InChI is InChI=1S/C17H23N5O3/c1-18-15(23)14-8-25-17(9-21(14)7-12-2-3-12)10-22(11-17)16(24)13-6-19-4-5-20-13/h4-6,12,14H,2-3,7-11H2,1H3,(H,18,23)/t14-/m1/s1. The molecule has 3 heterocycles. The molecule has 25 heavy (non-hydrogen) atoms. The monoisotopic (exact) mass is 345 g/mol. The first kappa shape index (κ1) is 16.4. The van der Waals surface area contributed by atoms with E-state index in [0.29, 0.717) is 37.9 Å². The first-order valence-electron chi connectivity index (χ1n) is 8.75. The van der Waals surface area contributed by atoms with Crippen molar-refractivity contribution in [2.24, 2.45) is 5.92 Å². The van der Waals surface area contributed by atoms with Crippen LogP contribution in [-0.4, -0.2) is 83.1 Å². The van der Waals surface area contributed by atoms with Crippen LogP contribution in [0.5, 0.6) is 0 Å². The summed E-state index contributed by atoms with van der Waals surface area (Å²) in [4.78, 5) is 36.6. The number of likely N-dealkylation sites (N-methyl/N-ethyl adjacent to an activating group) is 1. The van der Waals surface area contributed by atoms with Gasteiger partial charge in [-0.3, -0.25) is 19.5 Å². The number of ether oxygens (including phenoxy) is 1. The molecule has 0 bridgehead atoms. The molecular weight excluding hydrogens is 322 g/mol. The Morgan fingerprint density at radius 1 is 1.32 bits per heavy atom. The topological polar surface area (TPSA) is 87.7 Å². The summed E-state index contributed by atoms with van der Waals surface area (Å²) >= 11 is 0. The van der Waals surface area contributed by atoms with Crippen LogP contribution in [0.2, 0.25) is 0 Å². The quantitative estimate of drug-likeness (QED) is 0.794. The van der Waals surface area contributed by atoms with E-state index in [1.165, 1.54) is 25.2 Å². The van der Waals surface area contributed by atoms with E-state index in [0.717, 1.165) is 6.54 Å². The molecule has 8 heteroatoms. The summed E-state index contributed by atoms with van der Waals surface area (Å²) in [5.41, 5.74) is -0.0108. The Morgan fingerprint density at radius 2 is 2.12 bits per heavy atom. The summed E-state index contributed by atoms with van der Waals surface area (Å²) in [6.07, 6.45) is 7.03. The van der Waals surface area contributed by atoms with E-state index in [2.05, 4.69) is 20.2 Å². The van der Waals surface area contributed by atoms with Gasteiger partial charge in [-0.25, -0.2) is 4.98 Å². The van der Waals surface area contributed by atoms with Crippen molar-refractivity contribution in [1.82, 2.24) is 25.1 Å². The molecule has 3 fully saturated rings. The summed E-state index contributed by atoms with van der Waals surface area (Å²) in [6.45, 7) is 3.06. The smallest absolute Gasteiger partial charge is 0.274 e. The fraction of sp³-hybridized carbons (Fsp3) is 0.647. The van der Waals surface area contributed by atoms with Crippen LogP contribution in [0.15, 0.2) is 18.6 Å². The van der Waals surface area contributed by atoms with Crippen LogP contribution in [0, 0.1) is 5.92 Å². The van der Waals surface area contributed by atoms with Crippen LogP contribution >= 0.6 is 0 Å². The van der Waals surface area contributed by atoms with Crippen LogP contribution < -0.4 is 5.32 Å². The molecule has 1 spiro atoms. The molecule has 1 N–H and O–H groups in total. The normalized spacial score (nSPS) is 25.5. The molecule has 1 aliphatic carbocycles. The van der Waals surface area contributed by atoms with Gasteiger partial charge in [0.05, 0.1) is 25.9 Å². The number of nitrogens with zero attached hydrogens (tertiary/aromatic N) is 4. The van der Waals surface area contributed by atoms with Gasteiger partial charge < -0.3 is 15.0 Å². The highest BCUT2D eigenvalue weighted by Gasteiger charge is 2.52. The number of morpholine rings is 1. The number of carbonyl (C=O) groups is 2. The number of likely N-dealkylation sites (tertiary alicyclic amines) is 1. The van der Waals surface area contributed by atoms with E-state index in [1.54, 1.807) is 18.1 Å². The number of rotatable bonds is 4. The predicted molar refractivity (Wildman–Crippen MR) is 88.8 cm³/mol. The van der Waals surface area contributed by atoms with Crippen LogP contribution in [0.1, 0.15) is 23.3 Å². The molecule has 1 aromatic rings. The van der Waals surface area contributed by atoms with Gasteiger partial charge >= 0.3 is 0 Å². The molecule has 1 aromatic heterocycles. The zero-order valence-electron chi connectivity index (χ0n) is 14.4. The number of hydrogen-bond acceptors (Lipinski definition) is 6. The van der Waals surface area contributed by atoms with Crippen molar-refractivity contribution in [1.29, 1.82) is 0 Å². The van der Waals surface area contributed by atoms with E-state index in [9.17, 15) is 9.59 Å². The van der Waals surface area contributed by atoms with Crippen LogP contribution in [0.25, 0.3) is 0 Å². The average molecular weight is 345 g/mol. The number of nitrogens with one attached hydrogen (secondary N) is 1. The SMILES string of the molecule is CNC(=O)[C@H]1COC2(CN(C(=O)c3cnccn3)C2)CN1CC1CC1. The summed E-state index contributed by atoms with van der Waals surface area (Å²) in [6, 6.07) is -0.235. The minimum absolute atomic E-state index is 0.00214. The van der Waals surface area contributed by atoms with Gasteiger partial charge in [-0.15, -0.1) is 0 Å². The molecule has 2 saturated heterocycles. The molecule has 0 radical (unpaired) electrons. The van der Waals surface area contributed by atoms with Crippen LogP contribution in [-0.2, 0) is 9.53 Å². The zero-order chi connectivity index (χ0) is 17.4. The average Bonchev–Trinajstić information content (AvgIpc) is 3.43. The van der Waals surface area contributed by atoms with E-state index in [4.69, 9.17) is 4.74 Å². The third-order valence-corrected chi connectivity index (χ3v) is 5.25. The highest BCUT2D eigenvalue weighted by molar-refractivity contribution is 5.92. The van der Waals surface area contributed by atoms with Crippen molar-refractivity contribution < 1.29 is 14.3 Å². The largest absolute Gasteiger partial charge is 0.368 e. The maximum Gasteiger partial charge on any atom is 0.274 e. The molecule has 1 saturated carbocycles. The highest BCUT2D eigenvalue weighted by Crippen LogP contribution is 2.36. The first-order chi connectivity index (χ1) is 12.1. The highest BCUT2D eigenvalue weighted by atomic mass is 16.5. The Hall–Kier alpha value is -2.06. The molecule has 0 aromatic carbocycles. The van der Waals surface area contributed by atoms with Gasteiger partial charge in [0, 0.05) is 32.5 Å². The molecule has 3 aliphatic rings. The van der Waals surface area contributed by atoms with Crippen molar-refractivity contribution in [3.8, 4) is 0 Å². The second-order valence-corrected chi connectivity index (χ2v) is 7.25. The molecule has 1 atom stereocenters. The molecule has 0 unspecified atom stereocenters. The summed E-state index contributed by atoms with van der Waals surface area (Å²) < 4.78 is 6.05. The Balaban J connectivity index is 1.40. The van der Waals surface area contributed by atoms with Crippen molar-refractivity contribution in [2.75, 3.05) is 39.8 Å². The fourth-order valence-electron chi connectivity index (χ4n) is 3.67. The van der Waals surface area contributed by atoms with Crippen molar-refractivity contribution in [3.05, 3.63) is 24.3 Å². The lowest BCUT2D eigenvalue weighted by Crippen LogP contribution is -2.73. The number of hydrogen-bond donors (Lipinski definition) is 1. The number of amides is 2. The lowest BCUT2D eigenvalue weighted by atomic mass is 9.89. The van der Waals surface area contributed by atoms with Crippen molar-refractivity contribution >= 4 is 11.8 Å². The van der Waals surface area contributed by atoms with Crippen LogP contribution in [0.4, 0.5) is 0 Å². The number of aromatic nitrogens is 2. The second-order valence-electron chi connectivity index (χ2n) is 7.25. The molecule has 4 rings (SSSR count). The summed E-state index contributed by atoms with van der Waals surface area (Å²) in [5, 5.41) is 2.73. The molecule has 2 amide bonds. The zero-order valence-corrected chi connectivity index (χ0v) is 14.4. The molecule has 134 valence electrons. The third kappa shape index (κ3) is 3.23. The maximum absolute atomic E-state index is 12.4. The van der Waals surface area contributed by atoms with Gasteiger partial charge in [-0.1, -0.05) is 0 Å². The Kier molecular flexibility index (Phi) is 4.16. The number of carbonyl (C=O) groups excluding carboxylic acids is 2. The van der Waals surface area contributed by atoms with Gasteiger partial charge in [0.1, 0.15) is 17.3 Å². The first-order valence-corrected chi connectivity index (χ1v) is 8.75. The van der Waals surface area contributed by atoms with Crippen LogP contribution in [0.3, 0.4) is 0 Å². The van der Waals surface area contributed by atoms with Gasteiger partial charge in [-0.05, 0) is 18.8 Å². The summed E-state index contributed by atoms with van der Waals surface area (Å²) in [5.74, 6) is 0.575. The fourth-order valence-corrected chi connectivity index (χ4v) is 3.67. The Labute approximate surface area is 146 Å². The lowest BCUT2D eigenvalue weighted by Gasteiger charge is -2.55. The molecule has 2 aliphatic heterocycles. The van der Waals surface area contributed by atoms with Gasteiger partial charge in [0.25, 0.3) is 5.91 Å². The van der Waals surface area contributed by atoms with Gasteiger partial charge in [0.15, 0.2) is 0 Å².